The highest BCUT2D eigenvalue weighted by Crippen LogP contribution is 2.10. The molecule has 0 amide bonds. The van der Waals surface area contributed by atoms with Gasteiger partial charge in [0.2, 0.25) is 0 Å². The van der Waals surface area contributed by atoms with Crippen molar-refractivity contribution < 1.29 is 9.59 Å². The SMILES string of the molecule is CCCCCCCCC/C=C/CCCC(=O)CCCCCCCC=O. The summed E-state index contributed by atoms with van der Waals surface area (Å²) in [6.45, 7) is 2.26. The third-order valence-corrected chi connectivity index (χ3v) is 4.75. The smallest absolute Gasteiger partial charge is 0.132 e. The molecule has 2 nitrogen and oxygen atoms in total. The van der Waals surface area contributed by atoms with Gasteiger partial charge in [-0.15, -0.1) is 0 Å². The van der Waals surface area contributed by atoms with Crippen LogP contribution in [0.5, 0.6) is 0 Å². The second-order valence-electron chi connectivity index (χ2n) is 7.29. The standard InChI is InChI=1S/C23H42O2/c1-2-3-4-5-6-7-8-9-10-11-14-17-20-23(25)21-18-15-12-13-16-19-22-24/h10-11,22H,2-9,12-21H2,1H3/b11-10+. The molecule has 0 aromatic heterocycles. The number of Topliss-reactive ketones (excluding diaryl/α,β-unsaturated/α-hetero) is 1. The first-order valence-corrected chi connectivity index (χ1v) is 10.9. The molecular weight excluding hydrogens is 308 g/mol. The molecule has 0 saturated heterocycles. The number of aldehydes is 1. The Morgan fingerprint density at radius 1 is 0.600 bits per heavy atom. The summed E-state index contributed by atoms with van der Waals surface area (Å²) in [5.74, 6) is 0.424. The van der Waals surface area contributed by atoms with Gasteiger partial charge in [-0.2, -0.15) is 0 Å². The molecule has 2 heteroatoms. The number of allylic oxidation sites excluding steroid dienone is 2. The second kappa shape index (κ2) is 21.1. The Morgan fingerprint density at radius 3 is 1.72 bits per heavy atom. The Balaban J connectivity index is 3.24. The molecule has 0 aliphatic rings. The normalized spacial score (nSPS) is 11.2. The van der Waals surface area contributed by atoms with E-state index in [2.05, 4.69) is 19.1 Å². The van der Waals surface area contributed by atoms with E-state index in [1.54, 1.807) is 0 Å². The van der Waals surface area contributed by atoms with Crippen LogP contribution in [0, 0.1) is 0 Å². The highest BCUT2D eigenvalue weighted by molar-refractivity contribution is 5.78. The van der Waals surface area contributed by atoms with E-state index in [0.29, 0.717) is 12.2 Å². The molecule has 0 rings (SSSR count). The van der Waals surface area contributed by atoms with E-state index in [9.17, 15) is 9.59 Å². The Kier molecular flexibility index (Phi) is 20.3. The monoisotopic (exact) mass is 350 g/mol. The Bertz CT molecular complexity index is 320. The quantitative estimate of drug-likeness (QED) is 0.131. The van der Waals surface area contributed by atoms with Crippen LogP contribution in [0.2, 0.25) is 0 Å². The molecule has 25 heavy (non-hydrogen) atoms. The fraction of sp³-hybridized carbons (Fsp3) is 0.826. The number of carbonyl (C=O) groups is 2. The maximum absolute atomic E-state index is 11.8. The van der Waals surface area contributed by atoms with Crippen LogP contribution in [-0.2, 0) is 9.59 Å². The Labute approximate surface area is 156 Å². The summed E-state index contributed by atoms with van der Waals surface area (Å²) in [7, 11) is 0. The predicted molar refractivity (Wildman–Crippen MR) is 109 cm³/mol. The van der Waals surface area contributed by atoms with Gasteiger partial charge in [0.1, 0.15) is 12.1 Å². The van der Waals surface area contributed by atoms with Crippen molar-refractivity contribution in [3.05, 3.63) is 12.2 Å². The molecule has 0 aromatic rings. The molecule has 0 aromatic carbocycles. The zero-order valence-electron chi connectivity index (χ0n) is 16.8. The van der Waals surface area contributed by atoms with Crippen LogP contribution in [0.25, 0.3) is 0 Å². The van der Waals surface area contributed by atoms with E-state index < -0.39 is 0 Å². The number of hydrogen-bond acceptors (Lipinski definition) is 2. The fourth-order valence-corrected chi connectivity index (χ4v) is 3.08. The van der Waals surface area contributed by atoms with Crippen LogP contribution < -0.4 is 0 Å². The van der Waals surface area contributed by atoms with Crippen molar-refractivity contribution in [1.82, 2.24) is 0 Å². The molecule has 0 heterocycles. The lowest BCUT2D eigenvalue weighted by atomic mass is 10.0. The van der Waals surface area contributed by atoms with Crippen molar-refractivity contribution in [2.24, 2.45) is 0 Å². The highest BCUT2D eigenvalue weighted by atomic mass is 16.1. The van der Waals surface area contributed by atoms with E-state index in [-0.39, 0.29) is 0 Å². The zero-order valence-corrected chi connectivity index (χ0v) is 16.8. The summed E-state index contributed by atoms with van der Waals surface area (Å²) in [4.78, 5) is 22.0. The number of rotatable bonds is 20. The molecule has 0 aliphatic carbocycles. The van der Waals surface area contributed by atoms with Crippen LogP contribution in [0.3, 0.4) is 0 Å². The third kappa shape index (κ3) is 21.0. The van der Waals surface area contributed by atoms with Crippen molar-refractivity contribution >= 4 is 12.1 Å². The second-order valence-corrected chi connectivity index (χ2v) is 7.29. The minimum atomic E-state index is 0.424. The van der Waals surface area contributed by atoms with Crippen LogP contribution in [0.1, 0.15) is 122 Å². The summed E-state index contributed by atoms with van der Waals surface area (Å²) in [6, 6.07) is 0. The first kappa shape index (κ1) is 24.1. The van der Waals surface area contributed by atoms with E-state index in [4.69, 9.17) is 0 Å². The minimum Gasteiger partial charge on any atom is -0.303 e. The molecule has 0 aliphatic heterocycles. The number of ketones is 1. The Morgan fingerprint density at radius 2 is 1.08 bits per heavy atom. The first-order valence-electron chi connectivity index (χ1n) is 10.9. The molecule has 0 bridgehead atoms. The number of carbonyl (C=O) groups excluding carboxylic acids is 2. The lowest BCUT2D eigenvalue weighted by Crippen LogP contribution is -1.97. The van der Waals surface area contributed by atoms with Gasteiger partial charge < -0.3 is 4.79 Å². The summed E-state index contributed by atoms with van der Waals surface area (Å²) in [5, 5.41) is 0. The van der Waals surface area contributed by atoms with Crippen LogP contribution in [-0.4, -0.2) is 12.1 Å². The van der Waals surface area contributed by atoms with E-state index >= 15 is 0 Å². The van der Waals surface area contributed by atoms with Crippen molar-refractivity contribution in [2.75, 3.05) is 0 Å². The van der Waals surface area contributed by atoms with Gasteiger partial charge in [0.05, 0.1) is 0 Å². The summed E-state index contributed by atoms with van der Waals surface area (Å²) >= 11 is 0. The average Bonchev–Trinajstić information content (AvgIpc) is 2.62. The third-order valence-electron chi connectivity index (χ3n) is 4.75. The molecule has 0 fully saturated rings. The maximum atomic E-state index is 11.8. The molecule has 0 spiro atoms. The van der Waals surface area contributed by atoms with Crippen LogP contribution in [0.15, 0.2) is 12.2 Å². The molecule has 0 radical (unpaired) electrons. The summed E-state index contributed by atoms with van der Waals surface area (Å²) < 4.78 is 0. The van der Waals surface area contributed by atoms with Gasteiger partial charge in [0, 0.05) is 19.3 Å². The van der Waals surface area contributed by atoms with Gasteiger partial charge in [-0.1, -0.05) is 76.9 Å². The van der Waals surface area contributed by atoms with Crippen molar-refractivity contribution in [3.63, 3.8) is 0 Å². The topological polar surface area (TPSA) is 34.1 Å². The molecule has 146 valence electrons. The largest absolute Gasteiger partial charge is 0.303 e. The molecule has 0 N–H and O–H groups in total. The lowest BCUT2D eigenvalue weighted by Gasteiger charge is -2.01. The zero-order chi connectivity index (χ0) is 18.4. The van der Waals surface area contributed by atoms with Crippen molar-refractivity contribution in [2.45, 2.75) is 122 Å². The minimum absolute atomic E-state index is 0.424. The lowest BCUT2D eigenvalue weighted by molar-refractivity contribution is -0.119. The highest BCUT2D eigenvalue weighted by Gasteiger charge is 2.01. The van der Waals surface area contributed by atoms with Gasteiger partial charge in [-0.25, -0.2) is 0 Å². The number of hydrogen-bond donors (Lipinski definition) is 0. The van der Waals surface area contributed by atoms with Crippen molar-refractivity contribution in [1.29, 1.82) is 0 Å². The Hall–Kier alpha value is -0.920. The van der Waals surface area contributed by atoms with Gasteiger partial charge >= 0.3 is 0 Å². The van der Waals surface area contributed by atoms with Gasteiger partial charge in [0.15, 0.2) is 0 Å². The van der Waals surface area contributed by atoms with Crippen molar-refractivity contribution in [3.8, 4) is 0 Å². The molecule has 0 unspecified atom stereocenters. The summed E-state index contributed by atoms with van der Waals surface area (Å²) in [6.07, 6.45) is 26.0. The van der Waals surface area contributed by atoms with E-state index in [1.165, 1.54) is 51.4 Å². The summed E-state index contributed by atoms with van der Waals surface area (Å²) in [5.41, 5.74) is 0. The molecule has 0 saturated carbocycles. The van der Waals surface area contributed by atoms with Gasteiger partial charge in [-0.3, -0.25) is 4.79 Å². The fourth-order valence-electron chi connectivity index (χ4n) is 3.08. The maximum Gasteiger partial charge on any atom is 0.132 e. The molecular formula is C23H42O2. The van der Waals surface area contributed by atoms with E-state index in [1.807, 2.05) is 0 Å². The molecule has 0 atom stereocenters. The van der Waals surface area contributed by atoms with Gasteiger partial charge in [0.25, 0.3) is 0 Å². The van der Waals surface area contributed by atoms with E-state index in [0.717, 1.165) is 64.1 Å². The number of unbranched alkanes of at least 4 members (excludes halogenated alkanes) is 13. The average molecular weight is 351 g/mol. The van der Waals surface area contributed by atoms with Crippen LogP contribution in [0.4, 0.5) is 0 Å². The van der Waals surface area contributed by atoms with Gasteiger partial charge in [-0.05, 0) is 38.5 Å². The van der Waals surface area contributed by atoms with Crippen LogP contribution >= 0.6 is 0 Å². The predicted octanol–water partition coefficient (Wildman–Crippen LogP) is 7.35. The first-order chi connectivity index (χ1) is 12.3.